The van der Waals surface area contributed by atoms with Gasteiger partial charge in [-0.3, -0.25) is 4.79 Å². The first-order valence-electron chi connectivity index (χ1n) is 15.7. The quantitative estimate of drug-likeness (QED) is 0.296. The molecule has 4 unspecified atom stereocenters. The molecular weight excluding hydrogens is 610 g/mol. The van der Waals surface area contributed by atoms with E-state index in [1.807, 2.05) is 58.0 Å². The number of Topliss-reactive ketones (excluding diaryl/α,β-unsaturated/α-hetero) is 1. The van der Waals surface area contributed by atoms with E-state index in [2.05, 4.69) is 13.8 Å². The van der Waals surface area contributed by atoms with E-state index in [9.17, 15) is 9.90 Å². The third-order valence-electron chi connectivity index (χ3n) is 7.43. The first-order valence-corrected chi connectivity index (χ1v) is 15.7. The molecule has 0 amide bonds. The van der Waals surface area contributed by atoms with Crippen LogP contribution in [-0.2, 0) is 33.6 Å². The van der Waals surface area contributed by atoms with Gasteiger partial charge >= 0.3 is 48.0 Å². The minimum atomic E-state index is 0. The number of aliphatic hydroxyl groups is 1. The molecule has 3 fully saturated rings. The average molecular weight is 672 g/mol. The maximum atomic E-state index is 10.8. The predicted molar refractivity (Wildman–Crippen MR) is 179 cm³/mol. The topological polar surface area (TPSA) is 192 Å². The molecule has 3 aliphatic rings. The van der Waals surface area contributed by atoms with E-state index in [0.29, 0.717) is 23.7 Å². The van der Waals surface area contributed by atoms with Gasteiger partial charge in [-0.15, -0.1) is 0 Å². The molecule has 0 spiro atoms. The van der Waals surface area contributed by atoms with Crippen molar-refractivity contribution in [3.05, 3.63) is 43.3 Å². The predicted octanol–water partition coefficient (Wildman–Crippen LogP) is 2.90. The molecule has 0 saturated heterocycles. The summed E-state index contributed by atoms with van der Waals surface area (Å²) in [6.45, 7) is 12.4. The third kappa shape index (κ3) is 42.0. The molecule has 0 heterocycles. The minimum Gasteiger partial charge on any atom is -0.393 e. The third-order valence-corrected chi connectivity index (χ3v) is 7.43. The zero-order valence-electron chi connectivity index (χ0n) is 30.4. The fraction of sp³-hybridized carbons (Fsp3) is 0.686. The van der Waals surface area contributed by atoms with Gasteiger partial charge in [-0.25, -0.2) is 0 Å². The number of hydrogen-bond donors (Lipinski definition) is 3. The fourth-order valence-electron chi connectivity index (χ4n) is 4.56. The Bertz CT molecular complexity index is 822. The Kier molecular flexibility index (Phi) is 59.1. The second kappa shape index (κ2) is 46.1. The van der Waals surface area contributed by atoms with Crippen molar-refractivity contribution in [1.29, 1.82) is 0 Å². The molecule has 0 bridgehead atoms. The zero-order chi connectivity index (χ0) is 34.8. The maximum absolute atomic E-state index is 10.8. The smallest absolute Gasteiger partial charge is 0.393 e. The summed E-state index contributed by atoms with van der Waals surface area (Å²) in [6.07, 6.45) is 15.2. The van der Waals surface area contributed by atoms with Crippen LogP contribution in [0.25, 0.3) is 0 Å². The summed E-state index contributed by atoms with van der Waals surface area (Å²) in [7, 11) is 0. The van der Waals surface area contributed by atoms with Crippen LogP contribution in [0.2, 0.25) is 0 Å². The van der Waals surface area contributed by atoms with Gasteiger partial charge in [-0.2, -0.15) is 28.8 Å². The van der Waals surface area contributed by atoms with E-state index in [-0.39, 0.29) is 76.0 Å². The molecule has 3 aliphatic carbocycles. The summed E-state index contributed by atoms with van der Waals surface area (Å²) in [5.74, 6) is 2.17. The number of rotatable bonds is 1. The number of hydrogen-bond acceptors (Lipinski definition) is 10. The van der Waals surface area contributed by atoms with E-state index in [4.69, 9.17) is 40.2 Å². The van der Waals surface area contributed by atoms with Crippen molar-refractivity contribution in [2.45, 2.75) is 137 Å². The zero-order valence-corrected chi connectivity index (χ0v) is 32.4. The summed E-state index contributed by atoms with van der Waals surface area (Å²) in [5.41, 5.74) is 12.6. The standard InChI is InChI=1S/C8H11N.C7H15N.C7H14O.C7H12O.C2H6.3CO2.CH3.B.Na/c1-7(9)8-5-3-2-4-6-8;3*1-6-4-2-3-5-7(6)8;1-2;3*2-1-3;;;/h2-7H,9H2,1H3;6-7H,2-5,8H2,1H3;6-8H,2-5H2,1H3;6H,2-5H2,1H3;1-2H3;;;;1H3;;/q;;;;;;;;-1;;+1/t;;6-,7-;;;;;;;;/m..1......../s1. The van der Waals surface area contributed by atoms with Crippen LogP contribution in [0.4, 0.5) is 0 Å². The minimum absolute atomic E-state index is 0. The van der Waals surface area contributed by atoms with E-state index in [1.165, 1.54) is 56.9 Å². The van der Waals surface area contributed by atoms with E-state index < -0.39 is 0 Å². The van der Waals surface area contributed by atoms with Gasteiger partial charge in [0.05, 0.1) is 6.10 Å². The molecule has 3 saturated carbocycles. The van der Waals surface area contributed by atoms with Crippen LogP contribution < -0.4 is 41.0 Å². The Morgan fingerprint density at radius 1 is 0.723 bits per heavy atom. The van der Waals surface area contributed by atoms with Gasteiger partial charge in [0.15, 0.2) is 0 Å². The molecule has 0 aromatic heterocycles. The molecule has 263 valence electrons. The summed E-state index contributed by atoms with van der Waals surface area (Å²) < 4.78 is 0. The second-order valence-electron chi connectivity index (χ2n) is 10.8. The van der Waals surface area contributed by atoms with Crippen molar-refractivity contribution >= 4 is 32.7 Å². The molecule has 4 rings (SSSR count). The van der Waals surface area contributed by atoms with Crippen LogP contribution in [0, 0.1) is 25.2 Å². The van der Waals surface area contributed by atoms with Crippen molar-refractivity contribution in [3.8, 4) is 0 Å². The van der Waals surface area contributed by atoms with Crippen LogP contribution >= 0.6 is 0 Å². The number of nitrogens with two attached hydrogens (primary N) is 2. The molecule has 0 aliphatic heterocycles. The monoisotopic (exact) mass is 671 g/mol. The Morgan fingerprint density at radius 3 is 1.34 bits per heavy atom. The number of carbonyl (C=O) groups is 1. The van der Waals surface area contributed by atoms with Crippen LogP contribution in [0.1, 0.15) is 130 Å². The van der Waals surface area contributed by atoms with Crippen molar-refractivity contribution in [1.82, 2.24) is 0 Å². The van der Waals surface area contributed by atoms with Gasteiger partial charge in [-0.05, 0) is 62.8 Å². The molecule has 1 aromatic rings. The number of aliphatic hydroxyl groups excluding tert-OH is 1. The molecule has 12 heteroatoms. The number of ketones is 1. The first kappa shape index (κ1) is 60.3. The van der Waals surface area contributed by atoms with Gasteiger partial charge < -0.3 is 24.0 Å². The van der Waals surface area contributed by atoms with Gasteiger partial charge in [0, 0.05) is 32.8 Å². The molecule has 3 radical (unpaired) electrons. The summed E-state index contributed by atoms with van der Waals surface area (Å²) >= 11 is 0. The Morgan fingerprint density at radius 2 is 1.11 bits per heavy atom. The maximum Gasteiger partial charge on any atom is 1.00 e. The van der Waals surface area contributed by atoms with Crippen molar-refractivity contribution in [2.24, 2.45) is 29.2 Å². The fourth-order valence-corrected chi connectivity index (χ4v) is 4.56. The summed E-state index contributed by atoms with van der Waals surface area (Å²) in [6, 6.07) is 10.7. The van der Waals surface area contributed by atoms with Crippen molar-refractivity contribution in [3.63, 3.8) is 0 Å². The molecule has 6 atom stereocenters. The SMILES string of the molecule is CC.CC(N)c1ccccc1.CC1CCCCC1=O.CC1CCCCC1N.C[C@@H]1CCCC[C@H]1O.O=C=O.O=C=O.O=C=O.[B].[CH3-].[Na+]. The van der Waals surface area contributed by atoms with E-state index in [0.717, 1.165) is 31.6 Å². The normalized spacial score (nSPS) is 21.9. The van der Waals surface area contributed by atoms with Gasteiger partial charge in [-0.1, -0.05) is 97.1 Å². The number of carbonyl (C=O) groups excluding carboxylic acids is 7. The summed E-state index contributed by atoms with van der Waals surface area (Å²) in [4.78, 5) is 59.5. The molecule has 1 aromatic carbocycles. The Hall–Kier alpha value is -2.03. The second-order valence-corrected chi connectivity index (χ2v) is 10.8. The van der Waals surface area contributed by atoms with Crippen LogP contribution in [-0.4, -0.2) is 49.9 Å². The number of benzene rings is 1. The van der Waals surface area contributed by atoms with E-state index >= 15 is 0 Å². The van der Waals surface area contributed by atoms with Crippen LogP contribution in [0.15, 0.2) is 30.3 Å². The largest absolute Gasteiger partial charge is 1.00 e. The van der Waals surface area contributed by atoms with Gasteiger partial charge in [0.1, 0.15) is 5.78 Å². The molecule has 47 heavy (non-hydrogen) atoms. The van der Waals surface area contributed by atoms with Crippen molar-refractivity contribution in [2.75, 3.05) is 0 Å². The van der Waals surface area contributed by atoms with Gasteiger partial charge in [0.25, 0.3) is 0 Å². The average Bonchev–Trinajstić information content (AvgIpc) is 3.01. The molecule has 5 N–H and O–H groups in total. The first-order chi connectivity index (χ1) is 21.0. The van der Waals surface area contributed by atoms with Gasteiger partial charge in [0.2, 0.25) is 0 Å². The Balaban J connectivity index is -0.0000000809. The van der Waals surface area contributed by atoms with E-state index in [1.54, 1.807) is 0 Å². The van der Waals surface area contributed by atoms with Crippen molar-refractivity contribution < 1.29 is 68.2 Å². The Labute approximate surface area is 308 Å². The molecular formula is C35H61BN2NaO8. The van der Waals surface area contributed by atoms with Crippen LogP contribution in [0.3, 0.4) is 0 Å². The van der Waals surface area contributed by atoms with Crippen LogP contribution in [0.5, 0.6) is 0 Å². The summed E-state index contributed by atoms with van der Waals surface area (Å²) in [5, 5.41) is 9.18. The molecule has 10 nitrogen and oxygen atoms in total.